The molecule has 1 aromatic carbocycles. The highest BCUT2D eigenvalue weighted by Crippen LogP contribution is 2.23. The van der Waals surface area contributed by atoms with Crippen molar-refractivity contribution in [1.29, 1.82) is 0 Å². The lowest BCUT2D eigenvalue weighted by atomic mass is 10.2. The monoisotopic (exact) mass is 389 g/mol. The van der Waals surface area contributed by atoms with E-state index in [0.29, 0.717) is 38.5 Å². The van der Waals surface area contributed by atoms with E-state index in [1.807, 2.05) is 0 Å². The molecule has 2 fully saturated rings. The molecule has 140 valence electrons. The quantitative estimate of drug-likeness (QED) is 0.808. The predicted molar refractivity (Wildman–Crippen MR) is 97.5 cm³/mol. The van der Waals surface area contributed by atoms with E-state index >= 15 is 0 Å². The number of halogens is 1. The van der Waals surface area contributed by atoms with Crippen LogP contribution < -0.4 is 10.6 Å². The number of morpholine rings is 1. The molecule has 9 heteroatoms. The Morgan fingerprint density at radius 3 is 2.68 bits per heavy atom. The Morgan fingerprint density at radius 2 is 2.00 bits per heavy atom. The van der Waals surface area contributed by atoms with Gasteiger partial charge in [0.05, 0.1) is 18.1 Å². The van der Waals surface area contributed by atoms with Crippen LogP contribution >= 0.6 is 12.4 Å². The van der Waals surface area contributed by atoms with Crippen molar-refractivity contribution in [2.24, 2.45) is 0 Å². The molecule has 2 N–H and O–H groups in total. The summed E-state index contributed by atoms with van der Waals surface area (Å²) in [5.74, 6) is -0.220. The predicted octanol–water partition coefficient (Wildman–Crippen LogP) is 1.21. The largest absolute Gasteiger partial charge is 0.378 e. The molecule has 0 aliphatic carbocycles. The van der Waals surface area contributed by atoms with Crippen molar-refractivity contribution in [3.05, 3.63) is 24.3 Å². The van der Waals surface area contributed by atoms with Gasteiger partial charge in [0, 0.05) is 25.3 Å². The Bertz CT molecular complexity index is 686. The van der Waals surface area contributed by atoms with Gasteiger partial charge in [0.1, 0.15) is 6.04 Å². The second-order valence-corrected chi connectivity index (χ2v) is 8.00. The van der Waals surface area contributed by atoms with Crippen molar-refractivity contribution < 1.29 is 17.9 Å². The van der Waals surface area contributed by atoms with Crippen molar-refractivity contribution in [3.63, 3.8) is 0 Å². The van der Waals surface area contributed by atoms with Crippen LogP contribution in [0.5, 0.6) is 0 Å². The van der Waals surface area contributed by atoms with Crippen LogP contribution in [0.25, 0.3) is 0 Å². The van der Waals surface area contributed by atoms with Crippen molar-refractivity contribution in [2.75, 3.05) is 38.2 Å². The maximum Gasteiger partial charge on any atom is 0.243 e. The van der Waals surface area contributed by atoms with E-state index < -0.39 is 16.1 Å². The first kappa shape index (κ1) is 20.1. The highest BCUT2D eigenvalue weighted by molar-refractivity contribution is 7.89. The Hall–Kier alpha value is -1.19. The lowest BCUT2D eigenvalue weighted by Crippen LogP contribution is -2.48. The van der Waals surface area contributed by atoms with Gasteiger partial charge in [0.25, 0.3) is 0 Å². The van der Waals surface area contributed by atoms with E-state index in [-0.39, 0.29) is 23.2 Å². The Kier molecular flexibility index (Phi) is 7.21. The summed E-state index contributed by atoms with van der Waals surface area (Å²) in [7, 11) is -3.50. The minimum Gasteiger partial charge on any atom is -0.378 e. The van der Waals surface area contributed by atoms with Crippen LogP contribution in [0, 0.1) is 0 Å². The van der Waals surface area contributed by atoms with Crippen molar-refractivity contribution in [1.82, 2.24) is 9.62 Å². The molecule has 1 atom stereocenters. The van der Waals surface area contributed by atoms with Gasteiger partial charge < -0.3 is 15.4 Å². The number of rotatable bonds is 4. The average molecular weight is 390 g/mol. The molecule has 25 heavy (non-hydrogen) atoms. The molecule has 0 spiro atoms. The molecule has 2 aliphatic rings. The van der Waals surface area contributed by atoms with Gasteiger partial charge in [-0.25, -0.2) is 8.42 Å². The second kappa shape index (κ2) is 8.95. The molecular weight excluding hydrogens is 366 g/mol. The number of anilines is 1. The highest BCUT2D eigenvalue weighted by atomic mass is 35.5. The van der Waals surface area contributed by atoms with Gasteiger partial charge in [-0.2, -0.15) is 4.31 Å². The van der Waals surface area contributed by atoms with E-state index in [1.54, 1.807) is 18.2 Å². The van der Waals surface area contributed by atoms with Gasteiger partial charge in [0.15, 0.2) is 0 Å². The SMILES string of the molecule is Cl.O=C(Nc1cccc(S(=O)(=O)N2CCCCC2)c1)C1COCCN1. The molecule has 0 bridgehead atoms. The smallest absolute Gasteiger partial charge is 0.243 e. The topological polar surface area (TPSA) is 87.7 Å². The van der Waals surface area contributed by atoms with E-state index in [2.05, 4.69) is 10.6 Å². The van der Waals surface area contributed by atoms with Gasteiger partial charge >= 0.3 is 0 Å². The molecule has 1 unspecified atom stereocenters. The number of hydrogen-bond donors (Lipinski definition) is 2. The van der Waals surface area contributed by atoms with Crippen molar-refractivity contribution in [3.8, 4) is 0 Å². The number of nitrogens with zero attached hydrogens (tertiary/aromatic N) is 1. The zero-order valence-corrected chi connectivity index (χ0v) is 15.6. The summed E-state index contributed by atoms with van der Waals surface area (Å²) in [6.45, 7) is 2.65. The molecular formula is C16H24ClN3O4S. The fourth-order valence-corrected chi connectivity index (χ4v) is 4.52. The van der Waals surface area contributed by atoms with Crippen LogP contribution in [-0.4, -0.2) is 57.5 Å². The van der Waals surface area contributed by atoms with Crippen LogP contribution in [0.1, 0.15) is 19.3 Å². The van der Waals surface area contributed by atoms with Crippen LogP contribution in [-0.2, 0) is 19.6 Å². The highest BCUT2D eigenvalue weighted by Gasteiger charge is 2.26. The second-order valence-electron chi connectivity index (χ2n) is 6.06. The van der Waals surface area contributed by atoms with Crippen LogP contribution in [0.2, 0.25) is 0 Å². The van der Waals surface area contributed by atoms with Gasteiger partial charge in [0.2, 0.25) is 15.9 Å². The lowest BCUT2D eigenvalue weighted by Gasteiger charge is -2.26. The van der Waals surface area contributed by atoms with Crippen LogP contribution in [0.4, 0.5) is 5.69 Å². The van der Waals surface area contributed by atoms with Gasteiger partial charge in [-0.1, -0.05) is 12.5 Å². The molecule has 1 aromatic rings. The Balaban J connectivity index is 0.00000225. The first-order valence-electron chi connectivity index (χ1n) is 8.29. The summed E-state index contributed by atoms with van der Waals surface area (Å²) in [4.78, 5) is 12.4. The minimum absolute atomic E-state index is 0. The first-order chi connectivity index (χ1) is 11.6. The van der Waals surface area contributed by atoms with E-state index in [4.69, 9.17) is 4.74 Å². The number of piperidine rings is 1. The number of amides is 1. The maximum absolute atomic E-state index is 12.7. The number of nitrogens with one attached hydrogen (secondary N) is 2. The third-order valence-electron chi connectivity index (χ3n) is 4.29. The summed E-state index contributed by atoms with van der Waals surface area (Å²) < 4.78 is 32.2. The van der Waals surface area contributed by atoms with Gasteiger partial charge in [-0.15, -0.1) is 12.4 Å². The number of carbonyl (C=O) groups excluding carboxylic acids is 1. The molecule has 3 rings (SSSR count). The maximum atomic E-state index is 12.7. The van der Waals surface area contributed by atoms with E-state index in [0.717, 1.165) is 19.3 Å². The molecule has 0 radical (unpaired) electrons. The lowest BCUT2D eigenvalue weighted by molar-refractivity contribution is -0.120. The summed E-state index contributed by atoms with van der Waals surface area (Å²) in [5.41, 5.74) is 0.477. The number of benzene rings is 1. The van der Waals surface area contributed by atoms with Gasteiger partial charge in [-0.3, -0.25) is 4.79 Å². The minimum atomic E-state index is -3.50. The zero-order valence-electron chi connectivity index (χ0n) is 13.9. The normalized spacial score (nSPS) is 22.0. The molecule has 2 saturated heterocycles. The molecule has 0 saturated carbocycles. The first-order valence-corrected chi connectivity index (χ1v) is 9.73. The van der Waals surface area contributed by atoms with Gasteiger partial charge in [-0.05, 0) is 31.0 Å². The average Bonchev–Trinajstić information content (AvgIpc) is 2.63. The number of ether oxygens (including phenoxy) is 1. The zero-order chi connectivity index (χ0) is 17.0. The molecule has 1 amide bonds. The third kappa shape index (κ3) is 4.92. The fourth-order valence-electron chi connectivity index (χ4n) is 2.95. The summed E-state index contributed by atoms with van der Waals surface area (Å²) in [6.07, 6.45) is 2.85. The standard InChI is InChI=1S/C16H23N3O4S.ClH/c20-16(15-12-23-10-7-17-15)18-13-5-4-6-14(11-13)24(21,22)19-8-2-1-3-9-19;/h4-6,11,15,17H,1-3,7-10,12H2,(H,18,20);1H. The Labute approximate surface area is 154 Å². The van der Waals surface area contributed by atoms with Crippen LogP contribution in [0.3, 0.4) is 0 Å². The van der Waals surface area contributed by atoms with E-state index in [1.165, 1.54) is 10.4 Å². The van der Waals surface area contributed by atoms with E-state index in [9.17, 15) is 13.2 Å². The van der Waals surface area contributed by atoms with Crippen molar-refractivity contribution >= 4 is 34.0 Å². The Morgan fingerprint density at radius 1 is 1.24 bits per heavy atom. The number of hydrogen-bond acceptors (Lipinski definition) is 5. The third-order valence-corrected chi connectivity index (χ3v) is 6.19. The van der Waals surface area contributed by atoms with Crippen LogP contribution in [0.15, 0.2) is 29.2 Å². The number of carbonyl (C=O) groups is 1. The molecule has 2 heterocycles. The molecule has 2 aliphatic heterocycles. The number of sulfonamides is 1. The fraction of sp³-hybridized carbons (Fsp3) is 0.562. The molecule has 7 nitrogen and oxygen atoms in total. The summed E-state index contributed by atoms with van der Waals surface area (Å²) >= 11 is 0. The molecule has 0 aromatic heterocycles. The van der Waals surface area contributed by atoms with Crippen molar-refractivity contribution in [2.45, 2.75) is 30.2 Å². The summed E-state index contributed by atoms with van der Waals surface area (Å²) in [6, 6.07) is 6.02. The summed E-state index contributed by atoms with van der Waals surface area (Å²) in [5, 5.41) is 5.83.